The number of pyridine rings is 1. The highest BCUT2D eigenvalue weighted by molar-refractivity contribution is 7.88. The number of hydrogen-bond donors (Lipinski definition) is 0. The zero-order valence-electron chi connectivity index (χ0n) is 13.5. The Hall–Kier alpha value is -1.02. The lowest BCUT2D eigenvalue weighted by Crippen LogP contribution is -2.43. The molecule has 0 unspecified atom stereocenters. The van der Waals surface area contributed by atoms with Crippen LogP contribution in [0.5, 0.6) is 0 Å². The Kier molecular flexibility index (Phi) is 5.01. The van der Waals surface area contributed by atoms with Crippen LogP contribution in [-0.2, 0) is 26.1 Å². The van der Waals surface area contributed by atoms with Gasteiger partial charge >= 0.3 is 0 Å². The minimum atomic E-state index is -3.07. The van der Waals surface area contributed by atoms with E-state index in [1.54, 1.807) is 10.5 Å². The fraction of sp³-hybridized carbons (Fsp3) is 0.688. The van der Waals surface area contributed by atoms with Gasteiger partial charge in [-0.2, -0.15) is 0 Å². The van der Waals surface area contributed by atoms with Gasteiger partial charge in [-0.25, -0.2) is 12.7 Å². The Balaban J connectivity index is 1.44. The van der Waals surface area contributed by atoms with Crippen molar-refractivity contribution in [1.29, 1.82) is 0 Å². The van der Waals surface area contributed by atoms with Gasteiger partial charge in [-0.05, 0) is 36.8 Å². The predicted molar refractivity (Wildman–Crippen MR) is 86.3 cm³/mol. The van der Waals surface area contributed by atoms with Gasteiger partial charge in [0, 0.05) is 19.3 Å². The molecule has 0 saturated carbocycles. The predicted octanol–water partition coefficient (Wildman–Crippen LogP) is 1.43. The Bertz CT molecular complexity index is 612. The molecule has 1 spiro atoms. The van der Waals surface area contributed by atoms with E-state index in [1.165, 1.54) is 6.26 Å². The van der Waals surface area contributed by atoms with Gasteiger partial charge in [-0.15, -0.1) is 0 Å². The molecule has 0 amide bonds. The van der Waals surface area contributed by atoms with Crippen LogP contribution < -0.4 is 0 Å². The van der Waals surface area contributed by atoms with Crippen molar-refractivity contribution < 1.29 is 17.9 Å². The summed E-state index contributed by atoms with van der Waals surface area (Å²) >= 11 is 0. The lowest BCUT2D eigenvalue weighted by molar-refractivity contribution is 0.00651. The Morgan fingerprint density at radius 2 is 2.17 bits per heavy atom. The van der Waals surface area contributed by atoms with Crippen LogP contribution in [0.2, 0.25) is 0 Å². The van der Waals surface area contributed by atoms with E-state index in [0.717, 1.165) is 25.0 Å². The third kappa shape index (κ3) is 4.29. The number of piperidine rings is 1. The molecule has 2 aliphatic rings. The molecule has 128 valence electrons. The van der Waals surface area contributed by atoms with Crippen molar-refractivity contribution >= 4 is 10.0 Å². The van der Waals surface area contributed by atoms with E-state index in [2.05, 4.69) is 4.98 Å². The van der Waals surface area contributed by atoms with Gasteiger partial charge in [0.25, 0.3) is 0 Å². The van der Waals surface area contributed by atoms with E-state index in [0.29, 0.717) is 32.9 Å². The summed E-state index contributed by atoms with van der Waals surface area (Å²) in [6.45, 7) is 2.97. The standard InChI is InChI=1S/C16H24N2O4S/c1-23(19,20)18-8-5-16(6-9-18)10-15(22-13-16)12-21-11-14-4-2-3-7-17-14/h2-4,7,15H,5-6,8-13H2,1H3/t15-/m1/s1. The molecule has 0 bridgehead atoms. The van der Waals surface area contributed by atoms with Crippen LogP contribution in [0.15, 0.2) is 24.4 Å². The molecular formula is C16H24N2O4S. The first kappa shape index (κ1) is 16.8. The maximum atomic E-state index is 11.6. The average molecular weight is 340 g/mol. The molecule has 1 atom stereocenters. The summed E-state index contributed by atoms with van der Waals surface area (Å²) < 4.78 is 36.4. The maximum absolute atomic E-state index is 11.6. The van der Waals surface area contributed by atoms with Crippen molar-refractivity contribution in [2.24, 2.45) is 5.41 Å². The monoisotopic (exact) mass is 340 g/mol. The highest BCUT2D eigenvalue weighted by atomic mass is 32.2. The van der Waals surface area contributed by atoms with Crippen LogP contribution in [0, 0.1) is 5.41 Å². The number of hydrogen-bond acceptors (Lipinski definition) is 5. The first-order chi connectivity index (χ1) is 11.0. The van der Waals surface area contributed by atoms with Gasteiger partial charge in [-0.1, -0.05) is 6.07 Å². The van der Waals surface area contributed by atoms with Gasteiger partial charge in [0.1, 0.15) is 0 Å². The zero-order valence-corrected chi connectivity index (χ0v) is 14.3. The van der Waals surface area contributed by atoms with Crippen LogP contribution >= 0.6 is 0 Å². The van der Waals surface area contributed by atoms with Crippen molar-refractivity contribution in [3.63, 3.8) is 0 Å². The average Bonchev–Trinajstić information content (AvgIpc) is 2.91. The number of nitrogens with zero attached hydrogens (tertiary/aromatic N) is 2. The molecule has 1 aromatic heterocycles. The zero-order chi connectivity index (χ0) is 16.3. The Morgan fingerprint density at radius 1 is 1.39 bits per heavy atom. The SMILES string of the molecule is CS(=O)(=O)N1CCC2(CC1)CO[C@@H](COCc1ccccn1)C2. The smallest absolute Gasteiger partial charge is 0.211 e. The molecule has 0 aromatic carbocycles. The fourth-order valence-electron chi connectivity index (χ4n) is 3.42. The highest BCUT2D eigenvalue weighted by Crippen LogP contribution is 2.42. The van der Waals surface area contributed by atoms with E-state index in [4.69, 9.17) is 9.47 Å². The highest BCUT2D eigenvalue weighted by Gasteiger charge is 2.43. The quantitative estimate of drug-likeness (QED) is 0.811. The third-order valence-corrected chi connectivity index (χ3v) is 6.12. The molecule has 0 radical (unpaired) electrons. The van der Waals surface area contributed by atoms with Crippen LogP contribution in [0.25, 0.3) is 0 Å². The molecule has 6 nitrogen and oxygen atoms in total. The normalized spacial score (nSPS) is 25.0. The van der Waals surface area contributed by atoms with E-state index in [-0.39, 0.29) is 11.5 Å². The van der Waals surface area contributed by atoms with Crippen LogP contribution in [0.3, 0.4) is 0 Å². The number of rotatable bonds is 5. The molecule has 2 saturated heterocycles. The molecule has 3 rings (SSSR count). The largest absolute Gasteiger partial charge is 0.375 e. The van der Waals surface area contributed by atoms with E-state index < -0.39 is 10.0 Å². The number of sulfonamides is 1. The van der Waals surface area contributed by atoms with Crippen LogP contribution in [-0.4, -0.2) is 56.4 Å². The minimum absolute atomic E-state index is 0.100. The van der Waals surface area contributed by atoms with Gasteiger partial charge in [0.15, 0.2) is 0 Å². The van der Waals surface area contributed by atoms with Gasteiger partial charge in [-0.3, -0.25) is 4.98 Å². The van der Waals surface area contributed by atoms with Gasteiger partial charge in [0.05, 0.1) is 37.9 Å². The second-order valence-electron chi connectivity index (χ2n) is 6.64. The fourth-order valence-corrected chi connectivity index (χ4v) is 4.27. The molecule has 7 heteroatoms. The Labute approximate surface area is 137 Å². The van der Waals surface area contributed by atoms with Crippen LogP contribution in [0.4, 0.5) is 0 Å². The van der Waals surface area contributed by atoms with E-state index in [9.17, 15) is 8.42 Å². The summed E-state index contributed by atoms with van der Waals surface area (Å²) in [4.78, 5) is 4.23. The van der Waals surface area contributed by atoms with Crippen molar-refractivity contribution in [3.05, 3.63) is 30.1 Å². The van der Waals surface area contributed by atoms with E-state index in [1.807, 2.05) is 18.2 Å². The Morgan fingerprint density at radius 3 is 2.83 bits per heavy atom. The number of ether oxygens (including phenoxy) is 2. The molecule has 0 aliphatic carbocycles. The maximum Gasteiger partial charge on any atom is 0.211 e. The summed E-state index contributed by atoms with van der Waals surface area (Å²) in [5.74, 6) is 0. The lowest BCUT2D eigenvalue weighted by Gasteiger charge is -2.37. The molecular weight excluding hydrogens is 316 g/mol. The second-order valence-corrected chi connectivity index (χ2v) is 8.62. The number of aromatic nitrogens is 1. The van der Waals surface area contributed by atoms with Gasteiger partial charge in [0.2, 0.25) is 10.0 Å². The molecule has 1 aromatic rings. The van der Waals surface area contributed by atoms with Crippen molar-refractivity contribution in [3.8, 4) is 0 Å². The third-order valence-electron chi connectivity index (χ3n) is 4.82. The molecule has 2 aliphatic heterocycles. The first-order valence-corrected chi connectivity index (χ1v) is 9.86. The van der Waals surface area contributed by atoms with Crippen molar-refractivity contribution in [1.82, 2.24) is 9.29 Å². The van der Waals surface area contributed by atoms with Gasteiger partial charge < -0.3 is 9.47 Å². The van der Waals surface area contributed by atoms with E-state index >= 15 is 0 Å². The molecule has 0 N–H and O–H groups in total. The first-order valence-electron chi connectivity index (χ1n) is 8.01. The summed E-state index contributed by atoms with van der Waals surface area (Å²) in [7, 11) is -3.07. The summed E-state index contributed by atoms with van der Waals surface area (Å²) in [5, 5.41) is 0. The van der Waals surface area contributed by atoms with Crippen molar-refractivity contribution in [2.45, 2.75) is 32.0 Å². The summed E-state index contributed by atoms with van der Waals surface area (Å²) in [6, 6.07) is 5.77. The molecule has 3 heterocycles. The van der Waals surface area contributed by atoms with Crippen LogP contribution in [0.1, 0.15) is 25.0 Å². The topological polar surface area (TPSA) is 68.7 Å². The lowest BCUT2D eigenvalue weighted by atomic mass is 9.77. The minimum Gasteiger partial charge on any atom is -0.375 e. The van der Waals surface area contributed by atoms with Crippen molar-refractivity contribution in [2.75, 3.05) is 32.6 Å². The molecule has 23 heavy (non-hydrogen) atoms. The second kappa shape index (κ2) is 6.84. The molecule has 2 fully saturated rings. The summed E-state index contributed by atoms with van der Waals surface area (Å²) in [5.41, 5.74) is 1.04. The summed E-state index contributed by atoms with van der Waals surface area (Å²) in [6.07, 6.45) is 5.84.